The molecule has 0 unspecified atom stereocenters. The molecule has 8 heteroatoms. The fraction of sp³-hybridized carbons (Fsp3) is 0.143. The minimum atomic E-state index is 0.394. The average Bonchev–Trinajstić information content (AvgIpc) is 3.11. The summed E-state index contributed by atoms with van der Waals surface area (Å²) in [7, 11) is 0. The predicted octanol–water partition coefficient (Wildman–Crippen LogP) is 6.77. The topological polar surface area (TPSA) is 79.5 Å². The molecule has 2 heterocycles. The van der Waals surface area contributed by atoms with Crippen molar-refractivity contribution in [3.05, 3.63) is 81.3 Å². The molecule has 144 valence electrons. The van der Waals surface area contributed by atoms with Crippen LogP contribution in [-0.4, -0.2) is 20.6 Å². The van der Waals surface area contributed by atoms with Crippen molar-refractivity contribution in [1.82, 2.24) is 14.8 Å². The highest BCUT2D eigenvalue weighted by molar-refractivity contribution is 6.30. The lowest BCUT2D eigenvalue weighted by atomic mass is 10.0. The van der Waals surface area contributed by atoms with Gasteiger partial charge in [0, 0.05) is 27.1 Å². The second kappa shape index (κ2) is 8.13. The normalized spacial score (nSPS) is 10.9. The Hall–Kier alpha value is -3.05. The van der Waals surface area contributed by atoms with Crippen molar-refractivity contribution in [1.29, 1.82) is 0 Å². The lowest BCUT2D eigenvalue weighted by molar-refractivity contribution is 0.895. The molecule has 0 radical (unpaired) electrons. The number of rotatable bonds is 5. The van der Waals surface area contributed by atoms with E-state index in [-0.39, 0.29) is 0 Å². The van der Waals surface area contributed by atoms with Gasteiger partial charge in [0.15, 0.2) is 5.65 Å². The maximum absolute atomic E-state index is 9.24. The summed E-state index contributed by atoms with van der Waals surface area (Å²) in [6.45, 7) is 1.89. The third kappa shape index (κ3) is 3.54. The molecule has 29 heavy (non-hydrogen) atoms. The molecule has 0 bridgehead atoms. The van der Waals surface area contributed by atoms with E-state index >= 15 is 0 Å². The lowest BCUT2D eigenvalue weighted by Gasteiger charge is -2.10. The zero-order chi connectivity index (χ0) is 20.4. The summed E-state index contributed by atoms with van der Waals surface area (Å²) in [6.07, 6.45) is 0.543. The van der Waals surface area contributed by atoms with Crippen LogP contribution in [0.1, 0.15) is 11.3 Å². The zero-order valence-corrected chi connectivity index (χ0v) is 17.1. The van der Waals surface area contributed by atoms with Gasteiger partial charge in [-0.3, -0.25) is 0 Å². The molecular formula is C21H16Cl2N6. The van der Waals surface area contributed by atoms with E-state index in [0.29, 0.717) is 39.7 Å². The fourth-order valence-electron chi connectivity index (χ4n) is 3.39. The quantitative estimate of drug-likeness (QED) is 0.154. The molecule has 0 amide bonds. The van der Waals surface area contributed by atoms with E-state index in [0.717, 1.165) is 22.5 Å². The van der Waals surface area contributed by atoms with E-state index in [2.05, 4.69) is 10.0 Å². The first-order valence-corrected chi connectivity index (χ1v) is 9.90. The van der Waals surface area contributed by atoms with Crippen LogP contribution >= 0.6 is 23.2 Å². The maximum Gasteiger partial charge on any atom is 0.164 e. The van der Waals surface area contributed by atoms with Crippen LogP contribution in [-0.2, 0) is 6.42 Å². The number of aryl methyl sites for hydroxylation is 1. The first kappa shape index (κ1) is 19.3. The predicted molar refractivity (Wildman–Crippen MR) is 117 cm³/mol. The van der Waals surface area contributed by atoms with Gasteiger partial charge < -0.3 is 0 Å². The highest BCUT2D eigenvalue weighted by Crippen LogP contribution is 2.39. The molecule has 0 aliphatic heterocycles. The summed E-state index contributed by atoms with van der Waals surface area (Å²) in [5.41, 5.74) is 14.4. The minimum absolute atomic E-state index is 0.394. The van der Waals surface area contributed by atoms with Crippen LogP contribution < -0.4 is 0 Å². The van der Waals surface area contributed by atoms with Crippen molar-refractivity contribution in [2.45, 2.75) is 13.3 Å². The van der Waals surface area contributed by atoms with Gasteiger partial charge in [-0.25, -0.2) is 9.67 Å². The van der Waals surface area contributed by atoms with E-state index in [1.807, 2.05) is 49.4 Å². The number of azide groups is 1. The number of fused-ring (bicyclic) bond motifs is 1. The Morgan fingerprint density at radius 1 is 1.10 bits per heavy atom. The van der Waals surface area contributed by atoms with Crippen molar-refractivity contribution >= 4 is 39.9 Å². The number of alkyl halides is 1. The fourth-order valence-corrected chi connectivity index (χ4v) is 3.70. The van der Waals surface area contributed by atoms with E-state index in [1.165, 1.54) is 0 Å². The second-order valence-electron chi connectivity index (χ2n) is 6.45. The van der Waals surface area contributed by atoms with Gasteiger partial charge in [0.25, 0.3) is 0 Å². The number of aromatic nitrogens is 3. The Morgan fingerprint density at radius 2 is 1.83 bits per heavy atom. The smallest absolute Gasteiger partial charge is 0.164 e. The van der Waals surface area contributed by atoms with Crippen LogP contribution in [0.25, 0.3) is 38.4 Å². The number of benzene rings is 2. The van der Waals surface area contributed by atoms with Gasteiger partial charge in [-0.2, -0.15) is 5.10 Å². The summed E-state index contributed by atoms with van der Waals surface area (Å²) in [4.78, 5) is 7.88. The summed E-state index contributed by atoms with van der Waals surface area (Å²) in [5, 5.41) is 10.2. The third-order valence-electron chi connectivity index (χ3n) is 4.70. The summed E-state index contributed by atoms with van der Waals surface area (Å²) in [6, 6.07) is 17.1. The van der Waals surface area contributed by atoms with Crippen LogP contribution in [0.15, 0.2) is 59.7 Å². The number of halogens is 2. The van der Waals surface area contributed by atoms with E-state index in [1.54, 1.807) is 16.8 Å². The Balaban J connectivity index is 2.14. The van der Waals surface area contributed by atoms with Crippen LogP contribution in [0.3, 0.4) is 0 Å². The summed E-state index contributed by atoms with van der Waals surface area (Å²) >= 11 is 12.1. The highest BCUT2D eigenvalue weighted by atomic mass is 35.5. The van der Waals surface area contributed by atoms with Crippen molar-refractivity contribution in [3.8, 4) is 16.9 Å². The Labute approximate surface area is 177 Å². The van der Waals surface area contributed by atoms with Gasteiger partial charge in [0.05, 0.1) is 16.8 Å². The van der Waals surface area contributed by atoms with Crippen LogP contribution in [0.4, 0.5) is 5.69 Å². The SMILES string of the molecule is Cc1nc2c(c(-c3ccc(Cl)cc3)nn2-c2ccccc2)c(N=[N+]=[N-])c1CCCl. The molecule has 4 rings (SSSR count). The van der Waals surface area contributed by atoms with Crippen molar-refractivity contribution < 1.29 is 0 Å². The molecule has 0 saturated carbocycles. The summed E-state index contributed by atoms with van der Waals surface area (Å²) in [5.74, 6) is 0.394. The Bertz CT molecular complexity index is 1230. The monoisotopic (exact) mass is 422 g/mol. The van der Waals surface area contributed by atoms with Crippen LogP contribution in [0.2, 0.25) is 5.02 Å². The minimum Gasteiger partial charge on any atom is -0.233 e. The molecule has 0 spiro atoms. The first-order valence-electron chi connectivity index (χ1n) is 8.98. The second-order valence-corrected chi connectivity index (χ2v) is 7.27. The number of para-hydroxylation sites is 1. The molecule has 4 aromatic rings. The third-order valence-corrected chi connectivity index (χ3v) is 5.14. The Kier molecular flexibility index (Phi) is 5.41. The molecule has 6 nitrogen and oxygen atoms in total. The maximum atomic E-state index is 9.24. The van der Waals surface area contributed by atoms with E-state index in [4.69, 9.17) is 33.3 Å². The molecule has 0 aliphatic carbocycles. The standard InChI is InChI=1S/C21H16Cl2N6/c1-13-17(11-12-22)20(26-28-24)18-19(14-7-9-15(23)10-8-14)27-29(21(18)25-13)16-5-3-2-4-6-16/h2-10H,11-12H2,1H3. The van der Waals surface area contributed by atoms with Gasteiger partial charge in [-0.1, -0.05) is 47.0 Å². The van der Waals surface area contributed by atoms with Gasteiger partial charge >= 0.3 is 0 Å². The largest absolute Gasteiger partial charge is 0.233 e. The summed E-state index contributed by atoms with van der Waals surface area (Å²) < 4.78 is 1.77. The lowest BCUT2D eigenvalue weighted by Crippen LogP contribution is -2.01. The van der Waals surface area contributed by atoms with E-state index in [9.17, 15) is 5.53 Å². The molecule has 0 aliphatic rings. The number of pyridine rings is 1. The van der Waals surface area contributed by atoms with E-state index < -0.39 is 0 Å². The zero-order valence-electron chi connectivity index (χ0n) is 15.5. The van der Waals surface area contributed by atoms with Gasteiger partial charge in [0.2, 0.25) is 0 Å². The number of hydrogen-bond donors (Lipinski definition) is 0. The van der Waals surface area contributed by atoms with Crippen LogP contribution in [0.5, 0.6) is 0 Å². The number of nitrogens with zero attached hydrogens (tertiary/aromatic N) is 6. The molecule has 0 fully saturated rings. The highest BCUT2D eigenvalue weighted by Gasteiger charge is 2.22. The molecule has 0 saturated heterocycles. The van der Waals surface area contributed by atoms with Gasteiger partial charge in [0.1, 0.15) is 5.69 Å². The van der Waals surface area contributed by atoms with Crippen molar-refractivity contribution in [2.75, 3.05) is 5.88 Å². The Morgan fingerprint density at radius 3 is 2.48 bits per heavy atom. The average molecular weight is 423 g/mol. The van der Waals surface area contributed by atoms with Crippen molar-refractivity contribution in [2.24, 2.45) is 5.11 Å². The van der Waals surface area contributed by atoms with Gasteiger partial charge in [-0.05, 0) is 48.7 Å². The molecule has 0 atom stereocenters. The molecule has 2 aromatic heterocycles. The van der Waals surface area contributed by atoms with Crippen LogP contribution in [0, 0.1) is 6.92 Å². The molecule has 0 N–H and O–H groups in total. The van der Waals surface area contributed by atoms with Gasteiger partial charge in [-0.15, -0.1) is 11.6 Å². The first-order chi connectivity index (χ1) is 14.1. The molecule has 2 aromatic carbocycles. The molecular weight excluding hydrogens is 407 g/mol. The number of hydrogen-bond acceptors (Lipinski definition) is 3. The van der Waals surface area contributed by atoms with Crippen molar-refractivity contribution in [3.63, 3.8) is 0 Å².